The molecule has 0 fully saturated rings. The molecule has 10 nitrogen and oxygen atoms in total. The van der Waals surface area contributed by atoms with Gasteiger partial charge in [-0.1, -0.05) is 50.1 Å². The van der Waals surface area contributed by atoms with Gasteiger partial charge in [0.1, 0.15) is 0 Å². The molecule has 1 aliphatic rings. The first-order valence-electron chi connectivity index (χ1n) is 13.6. The first kappa shape index (κ1) is 28.1. The van der Waals surface area contributed by atoms with Crippen LogP contribution in [0.5, 0.6) is 0 Å². The van der Waals surface area contributed by atoms with Crippen LogP contribution in [-0.2, 0) is 29.2 Å². The van der Waals surface area contributed by atoms with Crippen LogP contribution in [0.1, 0.15) is 49.8 Å². The van der Waals surface area contributed by atoms with Crippen molar-refractivity contribution in [3.8, 4) is 11.5 Å². The van der Waals surface area contributed by atoms with Gasteiger partial charge in [-0.3, -0.25) is 14.6 Å². The fraction of sp³-hybridized carbons (Fsp3) is 0.448. The highest BCUT2D eigenvalue weighted by Crippen LogP contribution is 2.28. The predicted molar refractivity (Wildman–Crippen MR) is 150 cm³/mol. The van der Waals surface area contributed by atoms with Crippen molar-refractivity contribution in [1.29, 1.82) is 0 Å². The molecule has 1 aliphatic heterocycles. The van der Waals surface area contributed by atoms with Gasteiger partial charge in [0.15, 0.2) is 0 Å². The summed E-state index contributed by atoms with van der Waals surface area (Å²) in [4.78, 5) is 40.3. The molecule has 0 atom stereocenters. The topological polar surface area (TPSA) is 104 Å². The standard InChI is InChI=1S/C29H38N6O4/c1-5-7-10-15-30-26(36)19-33(20-27(37)32(4)34-17-23-11-8-9-12-24(23)18-34)25-16-22(14-13-21(25)3)28-31-35(6-2)29(38)39-28/h8-9,11-14,16H,5-7,10,15,17-20H2,1-4H3,(H,30,36). The van der Waals surface area contributed by atoms with Crippen LogP contribution >= 0.6 is 0 Å². The van der Waals surface area contributed by atoms with Crippen LogP contribution in [-0.4, -0.2) is 58.3 Å². The summed E-state index contributed by atoms with van der Waals surface area (Å²) in [6, 6.07) is 13.7. The highest BCUT2D eigenvalue weighted by atomic mass is 16.4. The molecule has 0 bridgehead atoms. The normalized spacial score (nSPS) is 12.8. The second-order valence-electron chi connectivity index (χ2n) is 9.91. The first-order chi connectivity index (χ1) is 18.8. The summed E-state index contributed by atoms with van der Waals surface area (Å²) >= 11 is 0. The lowest BCUT2D eigenvalue weighted by molar-refractivity contribution is -0.145. The number of likely N-dealkylation sites (N-methyl/N-ethyl adjacent to an activating group) is 1. The van der Waals surface area contributed by atoms with Gasteiger partial charge in [-0.15, -0.1) is 5.10 Å². The van der Waals surface area contributed by atoms with Gasteiger partial charge in [-0.05, 0) is 49.1 Å². The number of benzene rings is 2. The second-order valence-corrected chi connectivity index (χ2v) is 9.91. The Morgan fingerprint density at radius 2 is 1.77 bits per heavy atom. The number of nitrogens with one attached hydrogen (secondary N) is 1. The number of rotatable bonds is 12. The van der Waals surface area contributed by atoms with Crippen LogP contribution in [0, 0.1) is 6.92 Å². The van der Waals surface area contributed by atoms with Crippen LogP contribution in [0.2, 0.25) is 0 Å². The number of nitrogens with zero attached hydrogens (tertiary/aromatic N) is 5. The summed E-state index contributed by atoms with van der Waals surface area (Å²) in [6.45, 7) is 8.19. The summed E-state index contributed by atoms with van der Waals surface area (Å²) in [5, 5.41) is 10.9. The molecule has 0 saturated heterocycles. The van der Waals surface area contributed by atoms with Crippen LogP contribution < -0.4 is 16.0 Å². The molecule has 1 N–H and O–H groups in total. The molecule has 0 saturated carbocycles. The number of anilines is 1. The van der Waals surface area contributed by atoms with Crippen molar-refractivity contribution >= 4 is 17.5 Å². The monoisotopic (exact) mass is 534 g/mol. The Labute approximate surface area is 229 Å². The zero-order valence-corrected chi connectivity index (χ0v) is 23.3. The van der Waals surface area contributed by atoms with Crippen LogP contribution in [0.3, 0.4) is 0 Å². The van der Waals surface area contributed by atoms with Crippen molar-refractivity contribution in [2.45, 2.75) is 59.7 Å². The van der Waals surface area contributed by atoms with E-state index in [0.29, 0.717) is 37.4 Å². The molecule has 0 unspecified atom stereocenters. The molecule has 2 amide bonds. The fourth-order valence-electron chi connectivity index (χ4n) is 4.71. The molecule has 0 aliphatic carbocycles. The van der Waals surface area contributed by atoms with E-state index in [1.165, 1.54) is 15.8 Å². The van der Waals surface area contributed by atoms with Crippen molar-refractivity contribution in [2.24, 2.45) is 0 Å². The number of carbonyl (C=O) groups excluding carboxylic acids is 2. The molecular weight excluding hydrogens is 496 g/mol. The van der Waals surface area contributed by atoms with Gasteiger partial charge in [0.25, 0.3) is 5.91 Å². The molecule has 1 aromatic heterocycles. The lowest BCUT2D eigenvalue weighted by atomic mass is 10.1. The Morgan fingerprint density at radius 1 is 1.05 bits per heavy atom. The molecule has 4 rings (SSSR count). The molecule has 39 heavy (non-hydrogen) atoms. The van der Waals surface area contributed by atoms with Gasteiger partial charge in [-0.25, -0.2) is 9.80 Å². The lowest BCUT2D eigenvalue weighted by Gasteiger charge is -2.32. The van der Waals surface area contributed by atoms with E-state index >= 15 is 0 Å². The third-order valence-corrected chi connectivity index (χ3v) is 7.07. The van der Waals surface area contributed by atoms with Crippen molar-refractivity contribution < 1.29 is 14.0 Å². The second kappa shape index (κ2) is 12.8. The van der Waals surface area contributed by atoms with E-state index in [-0.39, 0.29) is 30.8 Å². The first-order valence-corrected chi connectivity index (χ1v) is 13.6. The number of hydrogen-bond donors (Lipinski definition) is 1. The van der Waals surface area contributed by atoms with Gasteiger partial charge < -0.3 is 14.6 Å². The molecule has 2 heterocycles. The number of carbonyl (C=O) groups is 2. The van der Waals surface area contributed by atoms with E-state index in [2.05, 4.69) is 29.5 Å². The van der Waals surface area contributed by atoms with Crippen LogP contribution in [0.4, 0.5) is 5.69 Å². The molecule has 0 radical (unpaired) electrons. The molecule has 10 heteroatoms. The minimum Gasteiger partial charge on any atom is -0.388 e. The van der Waals surface area contributed by atoms with Crippen molar-refractivity contribution in [2.75, 3.05) is 31.6 Å². The molecule has 2 aromatic carbocycles. The number of aromatic nitrogens is 2. The van der Waals surface area contributed by atoms with Gasteiger partial charge in [0.05, 0.1) is 13.1 Å². The van der Waals surface area contributed by atoms with E-state index < -0.39 is 5.76 Å². The number of unbranched alkanes of at least 4 members (excludes halogenated alkanes) is 2. The van der Waals surface area contributed by atoms with Gasteiger partial charge >= 0.3 is 5.76 Å². The van der Waals surface area contributed by atoms with Gasteiger partial charge in [-0.2, -0.15) is 4.68 Å². The smallest absolute Gasteiger partial charge is 0.388 e. The van der Waals surface area contributed by atoms with E-state index in [0.717, 1.165) is 24.8 Å². The maximum absolute atomic E-state index is 13.5. The van der Waals surface area contributed by atoms with Crippen LogP contribution in [0.15, 0.2) is 51.7 Å². The van der Waals surface area contributed by atoms with E-state index in [1.807, 2.05) is 49.2 Å². The Kier molecular flexibility index (Phi) is 9.19. The quantitative estimate of drug-likeness (QED) is 0.356. The van der Waals surface area contributed by atoms with Crippen molar-refractivity contribution in [3.05, 3.63) is 69.7 Å². The average molecular weight is 535 g/mol. The average Bonchev–Trinajstić information content (AvgIpc) is 3.53. The minimum atomic E-state index is -0.527. The zero-order chi connectivity index (χ0) is 27.9. The fourth-order valence-corrected chi connectivity index (χ4v) is 4.71. The third kappa shape index (κ3) is 6.75. The highest BCUT2D eigenvalue weighted by Gasteiger charge is 2.27. The van der Waals surface area contributed by atoms with E-state index in [1.54, 1.807) is 17.0 Å². The number of hydrazine groups is 1. The van der Waals surface area contributed by atoms with Gasteiger partial charge in [0, 0.05) is 44.5 Å². The summed E-state index contributed by atoms with van der Waals surface area (Å²) in [7, 11) is 1.77. The summed E-state index contributed by atoms with van der Waals surface area (Å²) in [5.74, 6) is -0.610. The number of aryl methyl sites for hydroxylation is 2. The summed E-state index contributed by atoms with van der Waals surface area (Å²) in [6.07, 6.45) is 3.02. The molecule has 208 valence electrons. The molecule has 3 aromatic rings. The van der Waals surface area contributed by atoms with Crippen molar-refractivity contribution in [1.82, 2.24) is 25.1 Å². The largest absolute Gasteiger partial charge is 0.437 e. The number of amides is 2. The SMILES string of the molecule is CCCCCNC(=O)CN(CC(=O)N(C)N1Cc2ccccc2C1)c1cc(-c2nn(CC)c(=O)o2)ccc1C. The highest BCUT2D eigenvalue weighted by molar-refractivity contribution is 5.87. The lowest BCUT2D eigenvalue weighted by Crippen LogP contribution is -2.48. The Bertz CT molecular complexity index is 1340. The molecular formula is C29H38N6O4. The van der Waals surface area contributed by atoms with Crippen LogP contribution in [0.25, 0.3) is 11.5 Å². The van der Waals surface area contributed by atoms with Crippen molar-refractivity contribution in [3.63, 3.8) is 0 Å². The predicted octanol–water partition coefficient (Wildman–Crippen LogP) is 3.33. The molecule has 0 spiro atoms. The third-order valence-electron chi connectivity index (χ3n) is 7.07. The Morgan fingerprint density at radius 3 is 2.41 bits per heavy atom. The summed E-state index contributed by atoms with van der Waals surface area (Å²) in [5.41, 5.74) is 4.60. The maximum atomic E-state index is 13.5. The number of hydrogen-bond acceptors (Lipinski definition) is 7. The van der Waals surface area contributed by atoms with Gasteiger partial charge in [0.2, 0.25) is 11.8 Å². The van der Waals surface area contributed by atoms with E-state index in [9.17, 15) is 14.4 Å². The zero-order valence-electron chi connectivity index (χ0n) is 23.3. The number of fused-ring (bicyclic) bond motifs is 1. The minimum absolute atomic E-state index is 0.00334. The van der Waals surface area contributed by atoms with E-state index in [4.69, 9.17) is 4.42 Å². The Balaban J connectivity index is 1.56. The maximum Gasteiger partial charge on any atom is 0.437 e. The summed E-state index contributed by atoms with van der Waals surface area (Å²) < 4.78 is 6.61. The Hall–Kier alpha value is -3.92.